The highest BCUT2D eigenvalue weighted by Crippen LogP contribution is 2.38. The number of nitrogens with zero attached hydrogens (tertiary/aromatic N) is 2. The molecule has 10 heteroatoms. The maximum Gasteiger partial charge on any atom is 0.416 e. The maximum absolute atomic E-state index is 13.8. The number of aliphatic hydroxyl groups is 1. The van der Waals surface area contributed by atoms with Gasteiger partial charge in [0.2, 0.25) is 5.88 Å². The molecule has 6 nitrogen and oxygen atoms in total. The number of nitro groups is 1. The van der Waals surface area contributed by atoms with E-state index in [1.54, 1.807) is 12.1 Å². The molecule has 1 heterocycles. The molecule has 208 valence electrons. The average Bonchev–Trinajstić information content (AvgIpc) is 2.92. The monoisotopic (exact) mass is 554 g/mol. The summed E-state index contributed by atoms with van der Waals surface area (Å²) in [5.74, 6) is -0.309. The Morgan fingerprint density at radius 2 is 1.68 bits per heavy atom. The Labute approximate surface area is 228 Å². The predicted molar refractivity (Wildman–Crippen MR) is 141 cm³/mol. The minimum absolute atomic E-state index is 0.0187. The third-order valence-corrected chi connectivity index (χ3v) is 6.55. The number of pyridine rings is 1. The van der Waals surface area contributed by atoms with Crippen LogP contribution in [0.1, 0.15) is 53.1 Å². The van der Waals surface area contributed by atoms with E-state index < -0.39 is 29.1 Å². The van der Waals surface area contributed by atoms with E-state index in [2.05, 4.69) is 4.98 Å². The molecule has 40 heavy (non-hydrogen) atoms. The average molecular weight is 555 g/mol. The third kappa shape index (κ3) is 6.45. The molecule has 3 aromatic carbocycles. The van der Waals surface area contributed by atoms with Crippen LogP contribution in [0, 0.1) is 15.9 Å². The molecule has 0 radical (unpaired) electrons. The minimum atomic E-state index is -4.45. The molecule has 0 spiro atoms. The highest BCUT2D eigenvalue weighted by molar-refractivity contribution is 5.75. The zero-order chi connectivity index (χ0) is 29.0. The van der Waals surface area contributed by atoms with E-state index in [1.165, 1.54) is 36.4 Å². The summed E-state index contributed by atoms with van der Waals surface area (Å²) in [6, 6.07) is 15.2. The first-order chi connectivity index (χ1) is 19.0. The third-order valence-electron chi connectivity index (χ3n) is 6.55. The van der Waals surface area contributed by atoms with Crippen molar-refractivity contribution >= 4 is 5.69 Å². The lowest BCUT2D eigenvalue weighted by atomic mass is 9.82. The van der Waals surface area contributed by atoms with Crippen LogP contribution in [0.25, 0.3) is 11.1 Å². The normalized spacial score (nSPS) is 11.6. The highest BCUT2D eigenvalue weighted by atomic mass is 19.4. The predicted octanol–water partition coefficient (Wildman–Crippen LogP) is 7.60. The van der Waals surface area contributed by atoms with Gasteiger partial charge in [-0.25, -0.2) is 9.37 Å². The van der Waals surface area contributed by atoms with E-state index in [4.69, 9.17) is 4.74 Å². The van der Waals surface area contributed by atoms with Crippen molar-refractivity contribution in [1.82, 2.24) is 4.98 Å². The van der Waals surface area contributed by atoms with Gasteiger partial charge in [-0.2, -0.15) is 13.2 Å². The molecule has 0 aliphatic rings. The van der Waals surface area contributed by atoms with Gasteiger partial charge in [0.15, 0.2) is 0 Å². The second-order valence-corrected chi connectivity index (χ2v) is 9.55. The lowest BCUT2D eigenvalue weighted by molar-refractivity contribution is -0.385. The zero-order valence-electron chi connectivity index (χ0n) is 21.7. The molecule has 0 amide bonds. The molecular formula is C30H26F4N2O4. The smallest absolute Gasteiger partial charge is 0.416 e. The molecule has 0 atom stereocenters. The van der Waals surface area contributed by atoms with E-state index in [9.17, 15) is 32.8 Å². The lowest BCUT2D eigenvalue weighted by Crippen LogP contribution is -2.11. The van der Waals surface area contributed by atoms with E-state index in [1.807, 2.05) is 19.9 Å². The van der Waals surface area contributed by atoms with Crippen molar-refractivity contribution in [2.24, 2.45) is 0 Å². The summed E-state index contributed by atoms with van der Waals surface area (Å²) in [6.07, 6.45) is -3.10. The summed E-state index contributed by atoms with van der Waals surface area (Å²) in [6.45, 7) is 3.54. The van der Waals surface area contributed by atoms with Crippen molar-refractivity contribution in [3.05, 3.63) is 122 Å². The van der Waals surface area contributed by atoms with Crippen molar-refractivity contribution in [1.29, 1.82) is 0 Å². The first-order valence-electron chi connectivity index (χ1n) is 12.4. The summed E-state index contributed by atoms with van der Waals surface area (Å²) in [5.41, 5.74) is 3.80. The fourth-order valence-corrected chi connectivity index (χ4v) is 4.56. The molecule has 0 bridgehead atoms. The lowest BCUT2D eigenvalue weighted by Gasteiger charge is -2.24. The van der Waals surface area contributed by atoms with Gasteiger partial charge in [-0.1, -0.05) is 44.2 Å². The fourth-order valence-electron chi connectivity index (χ4n) is 4.56. The number of halogens is 4. The van der Waals surface area contributed by atoms with E-state index in [0.717, 1.165) is 29.5 Å². The highest BCUT2D eigenvalue weighted by Gasteiger charge is 2.30. The quantitative estimate of drug-likeness (QED) is 0.131. The summed E-state index contributed by atoms with van der Waals surface area (Å²) >= 11 is 0. The number of hydrogen-bond donors (Lipinski definition) is 1. The second kappa shape index (κ2) is 11.8. The topological polar surface area (TPSA) is 85.5 Å². The van der Waals surface area contributed by atoms with Crippen LogP contribution in [0.3, 0.4) is 0 Å². The van der Waals surface area contributed by atoms with Crippen LogP contribution in [0.5, 0.6) is 5.88 Å². The Morgan fingerprint density at radius 1 is 1.00 bits per heavy atom. The summed E-state index contributed by atoms with van der Waals surface area (Å²) in [7, 11) is 0. The Morgan fingerprint density at radius 3 is 2.20 bits per heavy atom. The Kier molecular flexibility index (Phi) is 8.49. The van der Waals surface area contributed by atoms with Gasteiger partial charge in [-0.15, -0.1) is 0 Å². The number of ether oxygens (including phenoxy) is 1. The number of alkyl halides is 3. The Bertz CT molecular complexity index is 1490. The molecule has 0 aliphatic heterocycles. The maximum atomic E-state index is 13.8. The van der Waals surface area contributed by atoms with Crippen molar-refractivity contribution in [3.8, 4) is 17.0 Å². The molecular weight excluding hydrogens is 528 g/mol. The minimum Gasteiger partial charge on any atom is -0.473 e. The Balaban J connectivity index is 1.82. The number of aromatic nitrogens is 1. The van der Waals surface area contributed by atoms with Crippen LogP contribution in [-0.2, 0) is 25.8 Å². The van der Waals surface area contributed by atoms with Crippen molar-refractivity contribution in [3.63, 3.8) is 0 Å². The van der Waals surface area contributed by atoms with Crippen LogP contribution in [0.15, 0.2) is 72.9 Å². The number of aliphatic hydroxyl groups excluding tert-OH is 1. The van der Waals surface area contributed by atoms with Gasteiger partial charge in [-0.05, 0) is 75.5 Å². The van der Waals surface area contributed by atoms with Crippen molar-refractivity contribution in [2.45, 2.75) is 45.6 Å². The molecule has 1 aromatic heterocycles. The van der Waals surface area contributed by atoms with Crippen molar-refractivity contribution < 1.29 is 32.3 Å². The molecule has 0 saturated carbocycles. The molecule has 0 fully saturated rings. The van der Waals surface area contributed by atoms with Crippen LogP contribution >= 0.6 is 0 Å². The molecule has 0 unspecified atom stereocenters. The van der Waals surface area contributed by atoms with Gasteiger partial charge < -0.3 is 9.84 Å². The molecule has 1 N–H and O–H groups in total. The van der Waals surface area contributed by atoms with Gasteiger partial charge in [0.1, 0.15) is 18.6 Å². The van der Waals surface area contributed by atoms with E-state index in [-0.39, 0.29) is 30.5 Å². The number of hydrogen-bond acceptors (Lipinski definition) is 5. The fraction of sp³-hybridized carbons (Fsp3) is 0.233. The Hall–Kier alpha value is -4.31. The second-order valence-electron chi connectivity index (χ2n) is 9.55. The first kappa shape index (κ1) is 28.7. The van der Waals surface area contributed by atoms with E-state index >= 15 is 0 Å². The van der Waals surface area contributed by atoms with Gasteiger partial charge in [-0.3, -0.25) is 10.1 Å². The molecule has 0 aliphatic carbocycles. The molecule has 4 aromatic rings. The number of rotatable bonds is 9. The van der Waals surface area contributed by atoms with Crippen LogP contribution in [0.2, 0.25) is 0 Å². The van der Waals surface area contributed by atoms with Gasteiger partial charge >= 0.3 is 6.18 Å². The standard InChI is InChI=1S/C30H26F4N2O4/c1-18(2)25-14-21(17-40-28-12-11-24(15-35-28)36(38)39)27(16-37)29(20-5-9-23(31)10-6-20)26(25)13-19-3-7-22(8-4-19)30(32,33)34/h3-12,14-15,18,37H,13,16-17H2,1-2H3. The summed E-state index contributed by atoms with van der Waals surface area (Å²) in [4.78, 5) is 14.3. The molecule has 0 saturated heterocycles. The van der Waals surface area contributed by atoms with Gasteiger partial charge in [0.25, 0.3) is 5.69 Å². The van der Waals surface area contributed by atoms with Crippen LogP contribution in [0.4, 0.5) is 23.2 Å². The number of benzene rings is 3. The van der Waals surface area contributed by atoms with Gasteiger partial charge in [0.05, 0.1) is 17.1 Å². The summed E-state index contributed by atoms with van der Waals surface area (Å²) in [5, 5.41) is 21.4. The largest absolute Gasteiger partial charge is 0.473 e. The van der Waals surface area contributed by atoms with Crippen LogP contribution in [-0.4, -0.2) is 15.0 Å². The van der Waals surface area contributed by atoms with E-state index in [0.29, 0.717) is 27.8 Å². The SMILES string of the molecule is CC(C)c1cc(COc2ccc([N+](=O)[O-])cn2)c(CO)c(-c2ccc(F)cc2)c1Cc1ccc(C(F)(F)F)cc1. The van der Waals surface area contributed by atoms with Crippen molar-refractivity contribution in [2.75, 3.05) is 0 Å². The van der Waals surface area contributed by atoms with Crippen LogP contribution < -0.4 is 4.74 Å². The zero-order valence-corrected chi connectivity index (χ0v) is 21.7. The summed E-state index contributed by atoms with van der Waals surface area (Å²) < 4.78 is 59.0. The first-order valence-corrected chi connectivity index (χ1v) is 12.4. The van der Waals surface area contributed by atoms with Gasteiger partial charge in [0, 0.05) is 12.1 Å². The molecule has 4 rings (SSSR count).